The summed E-state index contributed by atoms with van der Waals surface area (Å²) in [4.78, 5) is 0. The average molecular weight is 235 g/mol. The Hall–Kier alpha value is -1.22. The lowest BCUT2D eigenvalue weighted by molar-refractivity contribution is 0.00298. The maximum absolute atomic E-state index is 9.59. The van der Waals surface area contributed by atoms with E-state index in [1.165, 1.54) is 0 Å². The third-order valence-electron chi connectivity index (χ3n) is 3.40. The van der Waals surface area contributed by atoms with Crippen LogP contribution in [0.15, 0.2) is 12.1 Å². The first kappa shape index (κ1) is 12.2. The lowest BCUT2D eigenvalue weighted by Gasteiger charge is -2.36. The minimum Gasteiger partial charge on any atom is -0.508 e. The van der Waals surface area contributed by atoms with Crippen molar-refractivity contribution < 1.29 is 9.84 Å². The van der Waals surface area contributed by atoms with Crippen molar-refractivity contribution in [2.24, 2.45) is 0 Å². The maximum atomic E-state index is 9.59. The molecule has 0 aliphatic heterocycles. The summed E-state index contributed by atoms with van der Waals surface area (Å²) in [5, 5.41) is 13.1. The van der Waals surface area contributed by atoms with Crippen molar-refractivity contribution in [1.82, 2.24) is 0 Å². The summed E-state index contributed by atoms with van der Waals surface area (Å²) in [6.07, 6.45) is 2.58. The zero-order chi connectivity index (χ0) is 12.4. The van der Waals surface area contributed by atoms with Crippen molar-refractivity contribution in [2.45, 2.75) is 45.8 Å². The molecule has 0 bridgehead atoms. The van der Waals surface area contributed by atoms with E-state index in [2.05, 4.69) is 5.32 Å². The van der Waals surface area contributed by atoms with Crippen LogP contribution in [0.4, 0.5) is 5.69 Å². The highest BCUT2D eigenvalue weighted by Gasteiger charge is 2.29. The van der Waals surface area contributed by atoms with Crippen LogP contribution in [-0.2, 0) is 4.74 Å². The topological polar surface area (TPSA) is 41.5 Å². The highest BCUT2D eigenvalue weighted by Crippen LogP contribution is 2.30. The molecule has 0 atom stereocenters. The average Bonchev–Trinajstić information content (AvgIpc) is 2.22. The minimum absolute atomic E-state index is 0.369. The van der Waals surface area contributed by atoms with Crippen molar-refractivity contribution in [2.75, 3.05) is 11.9 Å². The van der Waals surface area contributed by atoms with Gasteiger partial charge in [-0.25, -0.2) is 0 Å². The molecule has 0 radical (unpaired) electrons. The Morgan fingerprint density at radius 1 is 1.29 bits per heavy atom. The first-order valence-corrected chi connectivity index (χ1v) is 6.28. The molecule has 1 aliphatic carbocycles. The molecule has 3 heteroatoms. The number of rotatable bonds is 4. The van der Waals surface area contributed by atoms with Gasteiger partial charge in [0.25, 0.3) is 0 Å². The molecular formula is C14H21NO2. The van der Waals surface area contributed by atoms with Gasteiger partial charge in [-0.1, -0.05) is 0 Å². The Morgan fingerprint density at radius 3 is 2.65 bits per heavy atom. The molecule has 0 saturated heterocycles. The van der Waals surface area contributed by atoms with Gasteiger partial charge in [-0.05, 0) is 56.9 Å². The number of aromatic hydroxyl groups is 1. The van der Waals surface area contributed by atoms with Crippen LogP contribution in [0.3, 0.4) is 0 Å². The van der Waals surface area contributed by atoms with E-state index < -0.39 is 0 Å². The van der Waals surface area contributed by atoms with E-state index in [-0.39, 0.29) is 0 Å². The molecule has 1 aromatic rings. The summed E-state index contributed by atoms with van der Waals surface area (Å²) in [7, 11) is 0. The summed E-state index contributed by atoms with van der Waals surface area (Å²) in [5.74, 6) is 0.369. The summed E-state index contributed by atoms with van der Waals surface area (Å²) < 4.78 is 5.54. The van der Waals surface area contributed by atoms with Gasteiger partial charge in [0, 0.05) is 18.3 Å². The fraction of sp³-hybridized carbons (Fsp3) is 0.571. The van der Waals surface area contributed by atoms with Gasteiger partial charge in [0.15, 0.2) is 0 Å². The van der Waals surface area contributed by atoms with Crippen LogP contribution in [0.1, 0.15) is 30.9 Å². The van der Waals surface area contributed by atoms with Gasteiger partial charge in [0.05, 0.1) is 6.10 Å². The molecule has 1 aromatic carbocycles. The van der Waals surface area contributed by atoms with E-state index in [1.54, 1.807) is 0 Å². The lowest BCUT2D eigenvalue weighted by Crippen LogP contribution is -2.40. The number of aryl methyl sites for hydroxylation is 2. The predicted molar refractivity (Wildman–Crippen MR) is 69.6 cm³/mol. The molecule has 0 amide bonds. The zero-order valence-electron chi connectivity index (χ0n) is 10.8. The minimum atomic E-state index is 0.369. The van der Waals surface area contributed by atoms with Crippen LogP contribution in [0, 0.1) is 13.8 Å². The highest BCUT2D eigenvalue weighted by molar-refractivity contribution is 5.57. The number of phenols is 1. The van der Waals surface area contributed by atoms with Crippen LogP contribution in [0.2, 0.25) is 0 Å². The van der Waals surface area contributed by atoms with Crippen molar-refractivity contribution >= 4 is 5.69 Å². The number of nitrogens with one attached hydrogen (secondary N) is 1. The van der Waals surface area contributed by atoms with Gasteiger partial charge in [0.2, 0.25) is 0 Å². The smallest absolute Gasteiger partial charge is 0.118 e. The van der Waals surface area contributed by atoms with Gasteiger partial charge in [0.1, 0.15) is 5.75 Å². The normalized spacial score (nSPS) is 23.2. The Bertz CT molecular complexity index is 397. The molecule has 3 nitrogen and oxygen atoms in total. The fourth-order valence-corrected chi connectivity index (χ4v) is 2.23. The Morgan fingerprint density at radius 2 is 2.00 bits per heavy atom. The molecular weight excluding hydrogens is 214 g/mol. The van der Waals surface area contributed by atoms with Gasteiger partial charge < -0.3 is 15.2 Å². The van der Waals surface area contributed by atoms with Gasteiger partial charge in [-0.3, -0.25) is 0 Å². The Balaban J connectivity index is 1.94. The van der Waals surface area contributed by atoms with Crippen LogP contribution in [0.5, 0.6) is 5.75 Å². The number of hydrogen-bond donors (Lipinski definition) is 2. The second-order valence-corrected chi connectivity index (χ2v) is 4.84. The zero-order valence-corrected chi connectivity index (χ0v) is 10.8. The van der Waals surface area contributed by atoms with Crippen LogP contribution in [0.25, 0.3) is 0 Å². The Kier molecular flexibility index (Phi) is 3.57. The molecule has 0 aromatic heterocycles. The summed E-state index contributed by atoms with van der Waals surface area (Å²) in [6, 6.07) is 4.34. The first-order chi connectivity index (χ1) is 8.10. The van der Waals surface area contributed by atoms with E-state index in [0.29, 0.717) is 17.9 Å². The fourth-order valence-electron chi connectivity index (χ4n) is 2.23. The van der Waals surface area contributed by atoms with Crippen molar-refractivity contribution in [3.05, 3.63) is 23.3 Å². The lowest BCUT2D eigenvalue weighted by atomic mass is 9.88. The molecule has 1 aliphatic rings. The number of anilines is 1. The van der Waals surface area contributed by atoms with E-state index in [4.69, 9.17) is 4.74 Å². The number of hydrogen-bond acceptors (Lipinski definition) is 3. The number of phenolic OH excluding ortho intramolecular Hbond substituents is 1. The van der Waals surface area contributed by atoms with Crippen LogP contribution < -0.4 is 5.32 Å². The van der Waals surface area contributed by atoms with Crippen molar-refractivity contribution in [3.63, 3.8) is 0 Å². The summed E-state index contributed by atoms with van der Waals surface area (Å²) in [6.45, 7) is 6.77. The summed E-state index contributed by atoms with van der Waals surface area (Å²) >= 11 is 0. The predicted octanol–water partition coefficient (Wildman–Crippen LogP) is 2.99. The summed E-state index contributed by atoms with van der Waals surface area (Å²) in [5.41, 5.74) is 3.13. The largest absolute Gasteiger partial charge is 0.508 e. The standard InChI is InChI=1S/C14H21NO2/c1-4-17-12-7-11(8-12)15-13-5-10(3)14(16)6-9(13)2/h5-6,11-12,15-16H,4,7-8H2,1-3H3. The maximum Gasteiger partial charge on any atom is 0.118 e. The molecule has 0 heterocycles. The van der Waals surface area contributed by atoms with E-state index in [9.17, 15) is 5.11 Å². The second kappa shape index (κ2) is 4.96. The quantitative estimate of drug-likeness (QED) is 0.788. The van der Waals surface area contributed by atoms with Crippen LogP contribution in [-0.4, -0.2) is 23.9 Å². The van der Waals surface area contributed by atoms with Crippen molar-refractivity contribution in [3.8, 4) is 5.75 Å². The van der Waals surface area contributed by atoms with E-state index in [1.807, 2.05) is 32.9 Å². The molecule has 94 valence electrons. The van der Waals surface area contributed by atoms with Gasteiger partial charge in [-0.15, -0.1) is 0 Å². The van der Waals surface area contributed by atoms with Gasteiger partial charge >= 0.3 is 0 Å². The van der Waals surface area contributed by atoms with Gasteiger partial charge in [-0.2, -0.15) is 0 Å². The molecule has 0 unspecified atom stereocenters. The third-order valence-corrected chi connectivity index (χ3v) is 3.40. The number of ether oxygens (including phenoxy) is 1. The highest BCUT2D eigenvalue weighted by atomic mass is 16.5. The molecule has 2 N–H and O–H groups in total. The second-order valence-electron chi connectivity index (χ2n) is 4.84. The van der Waals surface area contributed by atoms with E-state index in [0.717, 1.165) is 36.3 Å². The Labute approximate surface area is 103 Å². The molecule has 1 saturated carbocycles. The van der Waals surface area contributed by atoms with Crippen LogP contribution >= 0.6 is 0 Å². The monoisotopic (exact) mass is 235 g/mol. The third kappa shape index (κ3) is 2.72. The first-order valence-electron chi connectivity index (χ1n) is 6.28. The molecule has 1 fully saturated rings. The number of benzene rings is 1. The SMILES string of the molecule is CCOC1CC(Nc2cc(C)c(O)cc2C)C1. The van der Waals surface area contributed by atoms with Crippen molar-refractivity contribution in [1.29, 1.82) is 0 Å². The molecule has 0 spiro atoms. The molecule has 17 heavy (non-hydrogen) atoms. The van der Waals surface area contributed by atoms with E-state index >= 15 is 0 Å². The molecule has 2 rings (SSSR count).